The van der Waals surface area contributed by atoms with Crippen LogP contribution in [-0.2, 0) is 0 Å². The Kier molecular flexibility index (Phi) is 5.41. The smallest absolute Gasteiger partial charge is 0.224 e. The van der Waals surface area contributed by atoms with E-state index in [0.29, 0.717) is 10.1 Å². The zero-order chi connectivity index (χ0) is 16.4. The number of alkyl halides is 1. The molecule has 1 aliphatic carbocycles. The van der Waals surface area contributed by atoms with E-state index >= 15 is 0 Å². The van der Waals surface area contributed by atoms with E-state index < -0.39 is 0 Å². The van der Waals surface area contributed by atoms with Crippen molar-refractivity contribution in [3.8, 4) is 0 Å². The molecule has 1 N–H and O–H groups in total. The fourth-order valence-corrected chi connectivity index (χ4v) is 4.89. The summed E-state index contributed by atoms with van der Waals surface area (Å²) in [5.74, 6) is 2.85. The number of hydrogen-bond acceptors (Lipinski definition) is 5. The van der Waals surface area contributed by atoms with Gasteiger partial charge in [0.05, 0.1) is 10.1 Å². The molecule has 0 amide bonds. The molecule has 0 spiro atoms. The lowest BCUT2D eigenvalue weighted by Gasteiger charge is -2.24. The van der Waals surface area contributed by atoms with Crippen LogP contribution in [0.3, 0.4) is 0 Å². The average molecular weight is 441 g/mol. The number of hydrogen-bond donors (Lipinski definition) is 1. The molecule has 1 aromatic rings. The summed E-state index contributed by atoms with van der Waals surface area (Å²) in [5, 5.41) is 3.61. The first kappa shape index (κ1) is 16.8. The molecule has 1 aromatic heterocycles. The van der Waals surface area contributed by atoms with Crippen molar-refractivity contribution in [2.24, 2.45) is 5.92 Å². The van der Waals surface area contributed by atoms with Gasteiger partial charge in [-0.15, -0.1) is 0 Å². The predicted molar refractivity (Wildman–Crippen MR) is 107 cm³/mol. The third-order valence-corrected chi connectivity index (χ3v) is 7.14. The van der Waals surface area contributed by atoms with Crippen molar-refractivity contribution in [1.82, 2.24) is 14.9 Å². The number of nitrogens with one attached hydrogen (secondary N) is 1. The molecule has 5 nitrogen and oxygen atoms in total. The van der Waals surface area contributed by atoms with E-state index in [-0.39, 0.29) is 0 Å². The first-order valence-electron chi connectivity index (χ1n) is 9.52. The Morgan fingerprint density at radius 2 is 1.88 bits per heavy atom. The van der Waals surface area contributed by atoms with Gasteiger partial charge in [-0.2, -0.15) is 4.98 Å². The van der Waals surface area contributed by atoms with Crippen LogP contribution >= 0.6 is 22.6 Å². The molecule has 2 saturated heterocycles. The maximum Gasteiger partial charge on any atom is 0.224 e. The summed E-state index contributed by atoms with van der Waals surface area (Å²) in [6.07, 6.45) is 11.2. The molecule has 132 valence electrons. The predicted octanol–water partition coefficient (Wildman–Crippen LogP) is 3.51. The van der Waals surface area contributed by atoms with Crippen molar-refractivity contribution in [3.05, 3.63) is 12.3 Å². The number of anilines is 2. The van der Waals surface area contributed by atoms with Crippen LogP contribution in [0.25, 0.3) is 0 Å². The topological polar surface area (TPSA) is 44.3 Å². The molecule has 1 saturated carbocycles. The van der Waals surface area contributed by atoms with Gasteiger partial charge < -0.3 is 10.2 Å². The second kappa shape index (κ2) is 7.72. The van der Waals surface area contributed by atoms with Crippen LogP contribution in [0.4, 0.5) is 11.8 Å². The van der Waals surface area contributed by atoms with Gasteiger partial charge >= 0.3 is 0 Å². The van der Waals surface area contributed by atoms with Gasteiger partial charge in [0.15, 0.2) is 0 Å². The van der Waals surface area contributed by atoms with Crippen molar-refractivity contribution in [2.75, 3.05) is 36.4 Å². The Morgan fingerprint density at radius 3 is 2.62 bits per heavy atom. The summed E-state index contributed by atoms with van der Waals surface area (Å²) in [6, 6.07) is 2.52. The van der Waals surface area contributed by atoms with Crippen LogP contribution in [0.1, 0.15) is 44.9 Å². The first-order chi connectivity index (χ1) is 11.8. The normalized spacial score (nSPS) is 28.8. The van der Waals surface area contributed by atoms with E-state index in [4.69, 9.17) is 4.98 Å². The molecule has 6 heteroatoms. The van der Waals surface area contributed by atoms with Crippen molar-refractivity contribution < 1.29 is 0 Å². The lowest BCUT2D eigenvalue weighted by Crippen LogP contribution is -2.35. The monoisotopic (exact) mass is 441 g/mol. The van der Waals surface area contributed by atoms with Crippen LogP contribution < -0.4 is 10.2 Å². The summed E-state index contributed by atoms with van der Waals surface area (Å²) >= 11 is 2.60. The molecule has 4 rings (SSSR count). The Labute approximate surface area is 158 Å². The van der Waals surface area contributed by atoms with E-state index in [1.165, 1.54) is 58.0 Å². The van der Waals surface area contributed by atoms with E-state index in [1.807, 2.05) is 6.20 Å². The van der Waals surface area contributed by atoms with E-state index in [2.05, 4.69) is 48.8 Å². The highest BCUT2D eigenvalue weighted by molar-refractivity contribution is 14.1. The minimum atomic E-state index is 0.462. The summed E-state index contributed by atoms with van der Waals surface area (Å²) in [7, 11) is 0. The second-order valence-electron chi connectivity index (χ2n) is 7.49. The molecule has 3 aliphatic rings. The number of aromatic nitrogens is 2. The summed E-state index contributed by atoms with van der Waals surface area (Å²) in [6.45, 7) is 4.74. The van der Waals surface area contributed by atoms with Gasteiger partial charge in [0.1, 0.15) is 5.82 Å². The number of nitrogens with zero attached hydrogens (tertiary/aromatic N) is 4. The van der Waals surface area contributed by atoms with Crippen molar-refractivity contribution in [2.45, 2.75) is 55.0 Å². The van der Waals surface area contributed by atoms with Crippen molar-refractivity contribution in [3.63, 3.8) is 0 Å². The van der Waals surface area contributed by atoms with Crippen LogP contribution in [0.5, 0.6) is 0 Å². The lowest BCUT2D eigenvalue weighted by molar-refractivity contribution is 0.310. The van der Waals surface area contributed by atoms with Gasteiger partial charge in [0.2, 0.25) is 5.95 Å². The third kappa shape index (κ3) is 4.12. The van der Waals surface area contributed by atoms with Gasteiger partial charge in [0, 0.05) is 32.4 Å². The minimum Gasteiger partial charge on any atom is -0.356 e. The van der Waals surface area contributed by atoms with E-state index in [0.717, 1.165) is 30.8 Å². The summed E-state index contributed by atoms with van der Waals surface area (Å²) in [4.78, 5) is 14.4. The van der Waals surface area contributed by atoms with Crippen LogP contribution in [0.2, 0.25) is 0 Å². The minimum absolute atomic E-state index is 0.462. The van der Waals surface area contributed by atoms with Crippen LogP contribution in [-0.4, -0.2) is 51.1 Å². The van der Waals surface area contributed by atoms with E-state index in [9.17, 15) is 0 Å². The van der Waals surface area contributed by atoms with Gasteiger partial charge in [-0.05, 0) is 44.1 Å². The molecule has 2 unspecified atom stereocenters. The van der Waals surface area contributed by atoms with Crippen molar-refractivity contribution >= 4 is 34.4 Å². The second-order valence-corrected chi connectivity index (χ2v) is 8.77. The quantitative estimate of drug-likeness (QED) is 0.431. The summed E-state index contributed by atoms with van der Waals surface area (Å²) < 4.78 is 0.550. The van der Waals surface area contributed by atoms with Crippen LogP contribution in [0, 0.1) is 5.92 Å². The zero-order valence-corrected chi connectivity index (χ0v) is 16.5. The Hall–Kier alpha value is -0.630. The van der Waals surface area contributed by atoms with Gasteiger partial charge in [-0.3, -0.25) is 4.90 Å². The Morgan fingerprint density at radius 1 is 1.08 bits per heavy atom. The average Bonchev–Trinajstić information content (AvgIpc) is 3.39. The van der Waals surface area contributed by atoms with Crippen LogP contribution in [0.15, 0.2) is 12.3 Å². The largest absolute Gasteiger partial charge is 0.356 e. The molecule has 3 heterocycles. The molecule has 3 fully saturated rings. The van der Waals surface area contributed by atoms with Gasteiger partial charge in [0.25, 0.3) is 0 Å². The Balaban J connectivity index is 1.38. The molecule has 2 aliphatic heterocycles. The highest BCUT2D eigenvalue weighted by atomic mass is 127. The standard InChI is InChI=1S/C18H28IN5/c19-17-15(8-12-24(17)13-14-5-6-14)21-18-20-9-7-16(22-18)23-10-3-1-2-4-11-23/h7,9,14-15,17H,1-6,8,10-13H2,(H,20,21,22). The maximum atomic E-state index is 4.82. The molecular weight excluding hydrogens is 413 g/mol. The SMILES string of the molecule is IC1C(Nc2nccc(N3CCCCCC3)n2)CCN1CC1CC1. The first-order valence-corrected chi connectivity index (χ1v) is 10.8. The molecular formula is C18H28IN5. The highest BCUT2D eigenvalue weighted by Gasteiger charge is 2.35. The number of halogens is 1. The Bertz CT molecular complexity index is 542. The van der Waals surface area contributed by atoms with Crippen molar-refractivity contribution in [1.29, 1.82) is 0 Å². The summed E-state index contributed by atoms with van der Waals surface area (Å²) in [5.41, 5.74) is 0. The fourth-order valence-electron chi connectivity index (χ4n) is 3.85. The number of rotatable bonds is 5. The zero-order valence-electron chi connectivity index (χ0n) is 14.3. The molecule has 0 radical (unpaired) electrons. The molecule has 2 atom stereocenters. The van der Waals surface area contributed by atoms with Gasteiger partial charge in [-0.1, -0.05) is 35.4 Å². The highest BCUT2D eigenvalue weighted by Crippen LogP contribution is 2.34. The number of likely N-dealkylation sites (tertiary alicyclic amines) is 1. The third-order valence-electron chi connectivity index (χ3n) is 5.48. The maximum absolute atomic E-state index is 4.82. The lowest BCUT2D eigenvalue weighted by atomic mass is 10.2. The van der Waals surface area contributed by atoms with Gasteiger partial charge in [-0.25, -0.2) is 4.98 Å². The van der Waals surface area contributed by atoms with E-state index in [1.54, 1.807) is 0 Å². The fraction of sp³-hybridized carbons (Fsp3) is 0.778. The molecule has 24 heavy (non-hydrogen) atoms. The molecule has 0 bridgehead atoms. The molecule has 0 aromatic carbocycles.